The molecule has 1 aliphatic rings. The maximum absolute atomic E-state index is 13.3. The second kappa shape index (κ2) is 7.57. The number of nitroso groups, excluding NO2 is 1. The maximum Gasteiger partial charge on any atom is 0.484 e. The molecule has 2 atom stereocenters. The van der Waals surface area contributed by atoms with Crippen LogP contribution >= 0.6 is 0 Å². The maximum atomic E-state index is 13.3. The fraction of sp³-hybridized carbons (Fsp3) is 0.611. The number of halogens is 3. The van der Waals surface area contributed by atoms with E-state index in [1.165, 1.54) is 27.1 Å². The fourth-order valence-electron chi connectivity index (χ4n) is 2.97. The molecule has 2 amide bonds. The lowest BCUT2D eigenvalue weighted by molar-refractivity contribution is -0.500. The minimum absolute atomic E-state index is 0.0465. The van der Waals surface area contributed by atoms with Gasteiger partial charge in [0.05, 0.1) is 10.7 Å². The Hall–Kier alpha value is -2.36. The van der Waals surface area contributed by atoms with E-state index in [4.69, 9.17) is 0 Å². The Bertz CT molecular complexity index is 798. The van der Waals surface area contributed by atoms with Gasteiger partial charge in [0, 0.05) is 18.2 Å². The van der Waals surface area contributed by atoms with Crippen LogP contribution in [0.25, 0.3) is 0 Å². The normalized spacial score (nSPS) is 17.0. The fourth-order valence-corrected chi connectivity index (χ4v) is 2.97. The number of nitrogens with one attached hydrogen (secondary N) is 1. The first-order valence-corrected chi connectivity index (χ1v) is 8.80. The van der Waals surface area contributed by atoms with Crippen LogP contribution in [0.1, 0.15) is 67.1 Å². The van der Waals surface area contributed by atoms with Gasteiger partial charge in [-0.2, -0.15) is 13.2 Å². The highest BCUT2D eigenvalue weighted by Crippen LogP contribution is 2.46. The highest BCUT2D eigenvalue weighted by molar-refractivity contribution is 5.89. The van der Waals surface area contributed by atoms with Crippen LogP contribution in [-0.2, 0) is 4.79 Å². The van der Waals surface area contributed by atoms with Crippen molar-refractivity contribution in [3.05, 3.63) is 34.0 Å². The second-order valence-corrected chi connectivity index (χ2v) is 7.54. The van der Waals surface area contributed by atoms with Crippen molar-refractivity contribution in [2.24, 2.45) is 0 Å². The molecule has 0 saturated heterocycles. The lowest BCUT2D eigenvalue weighted by Crippen LogP contribution is -2.54. The van der Waals surface area contributed by atoms with Crippen LogP contribution in [0, 0.1) is 4.91 Å². The highest BCUT2D eigenvalue weighted by Gasteiger charge is 2.50. The molecule has 7 nitrogen and oxygen atoms in total. The predicted molar refractivity (Wildman–Crippen MR) is 92.8 cm³/mol. The number of hydrogen-bond acceptors (Lipinski definition) is 5. The second-order valence-electron chi connectivity index (χ2n) is 7.54. The summed E-state index contributed by atoms with van der Waals surface area (Å²) in [7, 11) is 1.23. The van der Waals surface area contributed by atoms with E-state index < -0.39 is 41.2 Å². The van der Waals surface area contributed by atoms with Crippen LogP contribution in [0.15, 0.2) is 12.3 Å². The average molecular weight is 402 g/mol. The van der Waals surface area contributed by atoms with Gasteiger partial charge in [-0.15, -0.1) is 0 Å². The smallest absolute Gasteiger partial charge is 0.383 e. The number of nitrogens with zero attached hydrogens (tertiary/aromatic N) is 2. The standard InChI is InChI=1S/C18H22F3N3O4/c1-9(18(19,20)21)11-7-13(23-8-12(11)10-5-6-10)16(26)24(28)14(15(25)22-4)17(2,3)27/h7-10,14,27H,5-6H2,1-4H3/p+1/t9-,14?/m0/s1. The molecular formula is C18H23F3N3O4+. The van der Waals surface area contributed by atoms with Crippen molar-refractivity contribution in [3.8, 4) is 0 Å². The topological polar surface area (TPSA) is 99.4 Å². The summed E-state index contributed by atoms with van der Waals surface area (Å²) in [4.78, 5) is 40.9. The molecule has 0 spiro atoms. The molecule has 0 radical (unpaired) electrons. The van der Waals surface area contributed by atoms with E-state index in [9.17, 15) is 32.8 Å². The molecule has 1 aliphatic carbocycles. The Morgan fingerprint density at radius 3 is 2.32 bits per heavy atom. The summed E-state index contributed by atoms with van der Waals surface area (Å²) in [5, 5.41) is 12.3. The number of aromatic nitrogens is 1. The molecule has 28 heavy (non-hydrogen) atoms. The molecule has 1 aromatic heterocycles. The lowest BCUT2D eigenvalue weighted by Gasteiger charge is -2.20. The van der Waals surface area contributed by atoms with Crippen LogP contribution < -0.4 is 5.32 Å². The summed E-state index contributed by atoms with van der Waals surface area (Å²) < 4.78 is 39.5. The zero-order chi connectivity index (χ0) is 21.4. The average Bonchev–Trinajstić information content (AvgIpc) is 3.42. The highest BCUT2D eigenvalue weighted by atomic mass is 19.4. The first-order valence-electron chi connectivity index (χ1n) is 8.80. The van der Waals surface area contributed by atoms with Crippen LogP contribution in [-0.4, -0.2) is 51.5 Å². The van der Waals surface area contributed by atoms with Crippen molar-refractivity contribution in [2.75, 3.05) is 7.05 Å². The number of pyridine rings is 1. The molecule has 154 valence electrons. The van der Waals surface area contributed by atoms with Gasteiger partial charge in [-0.1, -0.05) is 0 Å². The molecule has 1 fully saturated rings. The molecule has 1 aromatic rings. The van der Waals surface area contributed by atoms with E-state index in [0.29, 0.717) is 5.56 Å². The third-order valence-electron chi connectivity index (χ3n) is 4.76. The zero-order valence-corrected chi connectivity index (χ0v) is 16.0. The van der Waals surface area contributed by atoms with E-state index >= 15 is 0 Å². The van der Waals surface area contributed by atoms with E-state index in [-0.39, 0.29) is 16.2 Å². The minimum atomic E-state index is -4.53. The lowest BCUT2D eigenvalue weighted by atomic mass is 9.93. The number of carbonyl (C=O) groups is 2. The molecule has 2 rings (SSSR count). The van der Waals surface area contributed by atoms with Crippen molar-refractivity contribution in [3.63, 3.8) is 0 Å². The van der Waals surface area contributed by atoms with Gasteiger partial charge in [0.2, 0.25) is 0 Å². The molecule has 2 N–H and O–H groups in total. The Morgan fingerprint density at radius 1 is 1.32 bits per heavy atom. The summed E-state index contributed by atoms with van der Waals surface area (Å²) in [5.41, 5.74) is -2.09. The molecule has 0 aromatic carbocycles. The largest absolute Gasteiger partial charge is 0.484 e. The molecular weight excluding hydrogens is 379 g/mol. The molecule has 0 aliphatic heterocycles. The third kappa shape index (κ3) is 4.54. The number of rotatable bonds is 6. The summed E-state index contributed by atoms with van der Waals surface area (Å²) in [6.45, 7) is 3.33. The molecule has 10 heteroatoms. The van der Waals surface area contributed by atoms with E-state index in [1.54, 1.807) is 0 Å². The first kappa shape index (κ1) is 21.9. The quantitative estimate of drug-likeness (QED) is 0.712. The Balaban J connectivity index is 2.45. The van der Waals surface area contributed by atoms with Gasteiger partial charge in [-0.25, -0.2) is 9.78 Å². The van der Waals surface area contributed by atoms with Gasteiger partial charge in [-0.3, -0.25) is 4.79 Å². The first-order chi connectivity index (χ1) is 12.8. The summed E-state index contributed by atoms with van der Waals surface area (Å²) in [5.74, 6) is -4.10. The van der Waals surface area contributed by atoms with Crippen molar-refractivity contribution < 1.29 is 32.6 Å². The summed E-state index contributed by atoms with van der Waals surface area (Å²) >= 11 is 0. The monoisotopic (exact) mass is 402 g/mol. The van der Waals surface area contributed by atoms with E-state index in [1.807, 2.05) is 0 Å². The molecule has 1 unspecified atom stereocenters. The predicted octanol–water partition coefficient (Wildman–Crippen LogP) is 2.43. The van der Waals surface area contributed by atoms with Crippen LogP contribution in [0.5, 0.6) is 0 Å². The number of hydrogen-bond donors (Lipinski definition) is 2. The number of amides is 2. The SMILES string of the molecule is CNC(=O)C([N+](=O)C(=O)c1cc([C@H](C)C(F)(F)F)c(C2CC2)cn1)C(C)(C)O. The van der Waals surface area contributed by atoms with Gasteiger partial charge in [0.1, 0.15) is 5.60 Å². The third-order valence-corrected chi connectivity index (χ3v) is 4.76. The van der Waals surface area contributed by atoms with Crippen LogP contribution in [0.4, 0.5) is 13.2 Å². The number of carbonyl (C=O) groups excluding carboxylic acids is 2. The molecule has 0 bridgehead atoms. The van der Waals surface area contributed by atoms with Gasteiger partial charge in [0.15, 0.2) is 5.69 Å². The Morgan fingerprint density at radius 2 is 1.89 bits per heavy atom. The number of aliphatic hydroxyl groups is 1. The van der Waals surface area contributed by atoms with Gasteiger partial charge in [0.25, 0.3) is 5.91 Å². The number of likely N-dealkylation sites (N-methyl/N-ethyl adjacent to an activating group) is 1. The van der Waals surface area contributed by atoms with Crippen LogP contribution in [0.2, 0.25) is 0 Å². The Kier molecular flexibility index (Phi) is 5.93. The minimum Gasteiger partial charge on any atom is -0.383 e. The zero-order valence-electron chi connectivity index (χ0n) is 16.0. The van der Waals surface area contributed by atoms with E-state index in [0.717, 1.165) is 25.8 Å². The van der Waals surface area contributed by atoms with Gasteiger partial charge in [-0.05, 0) is 56.7 Å². The number of alkyl halides is 3. The van der Waals surface area contributed by atoms with Gasteiger partial charge >= 0.3 is 18.1 Å². The van der Waals surface area contributed by atoms with Gasteiger partial charge < -0.3 is 10.4 Å². The van der Waals surface area contributed by atoms with Crippen molar-refractivity contribution in [1.82, 2.24) is 10.3 Å². The summed E-state index contributed by atoms with van der Waals surface area (Å²) in [6, 6.07) is -0.831. The Labute approximate surface area is 159 Å². The van der Waals surface area contributed by atoms with E-state index in [2.05, 4.69) is 10.3 Å². The molecule has 1 saturated carbocycles. The van der Waals surface area contributed by atoms with Crippen LogP contribution in [0.3, 0.4) is 0 Å². The van der Waals surface area contributed by atoms with Crippen molar-refractivity contribution in [2.45, 2.75) is 63.3 Å². The summed E-state index contributed by atoms with van der Waals surface area (Å²) in [6.07, 6.45) is -1.87. The molecule has 1 heterocycles. The van der Waals surface area contributed by atoms with Crippen molar-refractivity contribution >= 4 is 11.8 Å². The van der Waals surface area contributed by atoms with Crippen molar-refractivity contribution in [1.29, 1.82) is 0 Å².